The van der Waals surface area contributed by atoms with Gasteiger partial charge in [0.25, 0.3) is 0 Å². The van der Waals surface area contributed by atoms with Gasteiger partial charge in [0.05, 0.1) is 14.2 Å². The third kappa shape index (κ3) is 2.49. The molecular formula is C14H14N4O2. The first-order chi connectivity index (χ1) is 10.7. The van der Waals surface area contributed by atoms with Crippen LogP contribution in [0.3, 0.4) is 0 Å². The molecule has 0 radical (unpaired) electrons. The van der Waals surface area contributed by atoms with Crippen LogP contribution < -0.4 is 9.47 Å². The fourth-order valence-electron chi connectivity index (χ4n) is 1.88. The van der Waals surface area contributed by atoms with Crippen molar-refractivity contribution in [1.82, 2.24) is 0 Å². The smallest absolute Gasteiger partial charge is 0.214 e. The fraction of sp³-hybridized carbons (Fsp3) is 0.143. The lowest BCUT2D eigenvalue weighted by Gasteiger charge is -2.09. The standard InChI is InChI=1S/C14H14N4O2/c1-19-13-7-9(3-5-11(13)17-15)10-4-6-12(18-16)14(8-10)20-2/h3-8,15-16H,1-2H3/b17-15+,18-16+. The minimum atomic E-state index is 0.479. The summed E-state index contributed by atoms with van der Waals surface area (Å²) in [5.74, 6) is 1.03. The van der Waals surface area contributed by atoms with Crippen LogP contribution in [-0.4, -0.2) is 14.2 Å². The van der Waals surface area contributed by atoms with Gasteiger partial charge < -0.3 is 9.47 Å². The molecule has 0 aliphatic rings. The van der Waals surface area contributed by atoms with Crippen LogP contribution in [0.15, 0.2) is 46.6 Å². The van der Waals surface area contributed by atoms with Crippen LogP contribution in [0.1, 0.15) is 0 Å². The second-order valence-electron chi connectivity index (χ2n) is 3.97. The maximum atomic E-state index is 6.80. The largest absolute Gasteiger partial charge is 0.494 e. The van der Waals surface area contributed by atoms with Gasteiger partial charge in [-0.2, -0.15) is 10.2 Å². The van der Waals surface area contributed by atoms with E-state index in [9.17, 15) is 0 Å². The van der Waals surface area contributed by atoms with E-state index in [1.165, 1.54) is 14.2 Å². The number of nitrogens with one attached hydrogen (secondary N) is 2. The Bertz CT molecular complexity index is 658. The van der Waals surface area contributed by atoms with Gasteiger partial charge >= 0.3 is 0 Å². The monoisotopic (exact) mass is 270 g/mol. The van der Waals surface area contributed by atoms with Crippen molar-refractivity contribution < 1.29 is 12.3 Å². The van der Waals surface area contributed by atoms with Crippen molar-refractivity contribution in [2.75, 3.05) is 14.2 Å². The highest BCUT2D eigenvalue weighted by molar-refractivity contribution is 5.73. The van der Waals surface area contributed by atoms with Gasteiger partial charge in [-0.25, -0.2) is 11.0 Å². The van der Waals surface area contributed by atoms with Crippen LogP contribution in [0.2, 0.25) is 2.82 Å². The molecule has 0 fully saturated rings. The Hall–Kier alpha value is -2.76. The molecule has 0 unspecified atom stereocenters. The highest BCUT2D eigenvalue weighted by Crippen LogP contribution is 2.36. The van der Waals surface area contributed by atoms with Crippen LogP contribution in [0, 0.1) is 11.0 Å². The second kappa shape index (κ2) is 5.92. The van der Waals surface area contributed by atoms with Crippen LogP contribution in [0.5, 0.6) is 11.5 Å². The predicted octanol–water partition coefficient (Wildman–Crippen LogP) is 4.70. The summed E-state index contributed by atoms with van der Waals surface area (Å²) in [6.07, 6.45) is 0. The summed E-state index contributed by atoms with van der Waals surface area (Å²) in [5, 5.41) is 7.36. The van der Waals surface area contributed by atoms with E-state index in [1.807, 2.05) is 12.1 Å². The summed E-state index contributed by atoms with van der Waals surface area (Å²) < 4.78 is 24.1. The number of hydrogen-bond donors (Lipinski definition) is 2. The number of hydrogen-bond acceptors (Lipinski definition) is 6. The molecule has 2 aromatic rings. The van der Waals surface area contributed by atoms with E-state index in [-0.39, 0.29) is 0 Å². The van der Waals surface area contributed by atoms with Crippen molar-refractivity contribution in [2.24, 2.45) is 10.2 Å². The average Bonchev–Trinajstić information content (AvgIpc) is 2.56. The lowest BCUT2D eigenvalue weighted by molar-refractivity contribution is 0.415. The van der Waals surface area contributed by atoms with E-state index in [0.717, 1.165) is 11.1 Å². The third-order valence-corrected chi connectivity index (χ3v) is 2.91. The van der Waals surface area contributed by atoms with Gasteiger partial charge in [0.2, 0.25) is 2.82 Å². The van der Waals surface area contributed by atoms with E-state index in [1.54, 1.807) is 24.3 Å². The maximum absolute atomic E-state index is 6.80. The summed E-state index contributed by atoms with van der Waals surface area (Å²) in [5.41, 5.74) is 8.75. The molecule has 0 saturated heterocycles. The summed E-state index contributed by atoms with van der Waals surface area (Å²) in [6, 6.07) is 10.7. The van der Waals surface area contributed by atoms with Crippen LogP contribution >= 0.6 is 0 Å². The van der Waals surface area contributed by atoms with Gasteiger partial charge in [-0.3, -0.25) is 0 Å². The van der Waals surface area contributed by atoms with Crippen LogP contribution in [-0.2, 0) is 0 Å². The van der Waals surface area contributed by atoms with E-state index in [2.05, 4.69) is 21.3 Å². The molecule has 6 heteroatoms. The van der Waals surface area contributed by atoms with E-state index in [4.69, 9.17) is 12.3 Å². The Morgan fingerprint density at radius 1 is 0.850 bits per heavy atom. The maximum Gasteiger partial charge on any atom is 0.214 e. The third-order valence-electron chi connectivity index (χ3n) is 2.91. The van der Waals surface area contributed by atoms with Gasteiger partial charge in [-0.1, -0.05) is 12.1 Å². The Kier molecular flexibility index (Phi) is 3.29. The first-order valence-corrected chi connectivity index (χ1v) is 5.80. The zero-order valence-corrected chi connectivity index (χ0v) is 11.1. The molecule has 0 aliphatic carbocycles. The SMILES string of the molecule is [H]/N=N/c1ccc(-c2ccc(/N=N/[H])c(OC)c2)cc1OC. The van der Waals surface area contributed by atoms with Gasteiger partial charge in [-0.05, 0) is 35.4 Å². The van der Waals surface area contributed by atoms with Crippen LogP contribution in [0.25, 0.3) is 11.1 Å². The Morgan fingerprint density at radius 2 is 1.30 bits per heavy atom. The average molecular weight is 270 g/mol. The van der Waals surface area contributed by atoms with Crippen molar-refractivity contribution in [3.05, 3.63) is 36.4 Å². The lowest BCUT2D eigenvalue weighted by atomic mass is 10.0. The Labute approximate surface area is 119 Å². The number of rotatable bonds is 5. The van der Waals surface area contributed by atoms with Crippen molar-refractivity contribution in [1.29, 1.82) is 11.0 Å². The van der Waals surface area contributed by atoms with Crippen molar-refractivity contribution in [2.45, 2.75) is 0 Å². The molecule has 0 saturated carbocycles. The molecule has 0 amide bonds. The summed E-state index contributed by atoms with van der Waals surface area (Å²) in [4.78, 5) is 0. The molecular weight excluding hydrogens is 256 g/mol. The van der Waals surface area contributed by atoms with Crippen molar-refractivity contribution in [3.63, 3.8) is 0 Å². The summed E-state index contributed by atoms with van der Waals surface area (Å²) in [7, 11) is 3.06. The van der Waals surface area contributed by atoms with Crippen molar-refractivity contribution >= 4 is 11.4 Å². The first kappa shape index (κ1) is 11.1. The molecule has 20 heavy (non-hydrogen) atoms. The molecule has 0 atom stereocenters. The molecule has 0 bridgehead atoms. The molecule has 2 rings (SSSR count). The van der Waals surface area contributed by atoms with Crippen molar-refractivity contribution in [3.8, 4) is 22.6 Å². The molecule has 102 valence electrons. The van der Waals surface area contributed by atoms with Gasteiger partial charge in [0.15, 0.2) is 0 Å². The molecule has 2 N–H and O–H groups in total. The van der Waals surface area contributed by atoms with Gasteiger partial charge in [0.1, 0.15) is 22.9 Å². The normalized spacial score (nSPS) is 12.5. The van der Waals surface area contributed by atoms with Gasteiger partial charge in [0, 0.05) is 0 Å². The Morgan fingerprint density at radius 3 is 1.65 bits per heavy atom. The van der Waals surface area contributed by atoms with E-state index in [0.29, 0.717) is 22.9 Å². The topological polar surface area (TPSA) is 90.9 Å². The number of ether oxygens (including phenoxy) is 2. The van der Waals surface area contributed by atoms with E-state index >= 15 is 0 Å². The Balaban J connectivity index is 2.47. The minimum absolute atomic E-state index is 0.479. The summed E-state index contributed by atoms with van der Waals surface area (Å²) >= 11 is 0. The molecule has 0 heterocycles. The zero-order valence-electron chi connectivity index (χ0n) is 13.1. The summed E-state index contributed by atoms with van der Waals surface area (Å²) in [6.45, 7) is 0. The number of benzene rings is 2. The highest BCUT2D eigenvalue weighted by atomic mass is 16.5. The molecule has 6 nitrogen and oxygen atoms in total. The quantitative estimate of drug-likeness (QED) is 0.771. The molecule has 0 spiro atoms. The molecule has 0 aromatic heterocycles. The minimum Gasteiger partial charge on any atom is -0.494 e. The molecule has 2 aromatic carbocycles. The second-order valence-corrected chi connectivity index (χ2v) is 3.97. The lowest BCUT2D eigenvalue weighted by Crippen LogP contribution is -1.87. The highest BCUT2D eigenvalue weighted by Gasteiger charge is 2.08. The predicted molar refractivity (Wildman–Crippen MR) is 74.6 cm³/mol. The number of nitrogens with zero attached hydrogens (tertiary/aromatic N) is 2. The zero-order chi connectivity index (χ0) is 15.9. The molecule has 0 aliphatic heterocycles. The number of methoxy groups -OCH3 is 2. The van der Waals surface area contributed by atoms with Crippen LogP contribution in [0.4, 0.5) is 11.4 Å². The van der Waals surface area contributed by atoms with Gasteiger partial charge in [-0.15, -0.1) is 0 Å². The first-order valence-electron chi connectivity index (χ1n) is 6.69. The van der Waals surface area contributed by atoms with E-state index < -0.39 is 0 Å². The fourth-order valence-corrected chi connectivity index (χ4v) is 1.88.